The van der Waals surface area contributed by atoms with Crippen molar-refractivity contribution in [1.82, 2.24) is 4.57 Å². The first-order chi connectivity index (χ1) is 9.27. The molecule has 0 amide bonds. The van der Waals surface area contributed by atoms with Gasteiger partial charge in [-0.15, -0.1) is 0 Å². The highest BCUT2D eigenvalue weighted by Crippen LogP contribution is 2.29. The lowest BCUT2D eigenvalue weighted by Crippen LogP contribution is -2.23. The highest BCUT2D eigenvalue weighted by atomic mass is 35.5. The number of nitrogen functional groups attached to an aromatic ring is 1. The van der Waals surface area contributed by atoms with Crippen LogP contribution in [0.5, 0.6) is 0 Å². The molecule has 1 heterocycles. The predicted octanol–water partition coefficient (Wildman–Crippen LogP) is 3.15. The lowest BCUT2D eigenvalue weighted by molar-refractivity contribution is -0.138. The van der Waals surface area contributed by atoms with Gasteiger partial charge in [0.2, 0.25) is 0 Å². The number of halogens is 4. The molecule has 3 nitrogen and oxygen atoms in total. The molecule has 0 bridgehead atoms. The van der Waals surface area contributed by atoms with E-state index in [1.54, 1.807) is 24.3 Å². The van der Waals surface area contributed by atoms with E-state index in [0.717, 1.165) is 10.8 Å². The van der Waals surface area contributed by atoms with Gasteiger partial charge in [0, 0.05) is 11.9 Å². The van der Waals surface area contributed by atoms with Crippen LogP contribution in [0.15, 0.2) is 41.3 Å². The summed E-state index contributed by atoms with van der Waals surface area (Å²) >= 11 is 5.56. The fourth-order valence-electron chi connectivity index (χ4n) is 1.69. The Bertz CT molecular complexity index is 677. The first kappa shape index (κ1) is 14.5. The number of nitrogens with two attached hydrogens (primary N) is 1. The Balaban J connectivity index is 2.43. The molecule has 0 saturated carbocycles. The van der Waals surface area contributed by atoms with Crippen molar-refractivity contribution in [3.8, 4) is 0 Å². The number of alkyl halides is 3. The maximum absolute atomic E-state index is 12.7. The second kappa shape index (κ2) is 5.20. The van der Waals surface area contributed by atoms with E-state index >= 15 is 0 Å². The summed E-state index contributed by atoms with van der Waals surface area (Å²) in [5.74, 6) is 0. The van der Waals surface area contributed by atoms with Gasteiger partial charge in [-0.25, -0.2) is 0 Å². The minimum atomic E-state index is -4.56. The maximum Gasteiger partial charge on any atom is 0.417 e. The second-order valence-corrected chi connectivity index (χ2v) is 4.66. The zero-order valence-corrected chi connectivity index (χ0v) is 10.9. The van der Waals surface area contributed by atoms with Crippen LogP contribution in [0.2, 0.25) is 5.02 Å². The monoisotopic (exact) mass is 302 g/mol. The molecule has 1 aromatic heterocycles. The number of aromatic nitrogens is 1. The maximum atomic E-state index is 12.7. The molecule has 0 atom stereocenters. The van der Waals surface area contributed by atoms with E-state index in [1.165, 1.54) is 0 Å². The standard InChI is InChI=1S/C13H10ClF3N2O/c14-11-5-9(13(15,16)17)7-19(12(11)20)6-8-1-3-10(18)4-2-8/h1-5,7H,6,18H2. The van der Waals surface area contributed by atoms with E-state index in [2.05, 4.69) is 0 Å². The zero-order valence-electron chi connectivity index (χ0n) is 10.1. The lowest BCUT2D eigenvalue weighted by atomic mass is 10.2. The van der Waals surface area contributed by atoms with Crippen molar-refractivity contribution in [2.45, 2.75) is 12.7 Å². The molecule has 0 aliphatic carbocycles. The summed E-state index contributed by atoms with van der Waals surface area (Å²) in [6, 6.07) is 7.11. The quantitative estimate of drug-likeness (QED) is 0.866. The van der Waals surface area contributed by atoms with E-state index in [-0.39, 0.29) is 6.54 Å². The van der Waals surface area contributed by atoms with Gasteiger partial charge in [0.15, 0.2) is 0 Å². The minimum absolute atomic E-state index is 0.0112. The molecule has 0 aliphatic rings. The summed E-state index contributed by atoms with van der Waals surface area (Å²) in [4.78, 5) is 11.8. The van der Waals surface area contributed by atoms with E-state index in [0.29, 0.717) is 17.3 Å². The van der Waals surface area contributed by atoms with Crippen molar-refractivity contribution in [1.29, 1.82) is 0 Å². The van der Waals surface area contributed by atoms with Crippen molar-refractivity contribution < 1.29 is 13.2 Å². The first-order valence-electron chi connectivity index (χ1n) is 5.59. The third-order valence-corrected chi connectivity index (χ3v) is 2.97. The highest BCUT2D eigenvalue weighted by molar-refractivity contribution is 6.30. The SMILES string of the molecule is Nc1ccc(Cn2cc(C(F)(F)F)cc(Cl)c2=O)cc1. The van der Waals surface area contributed by atoms with Crippen LogP contribution >= 0.6 is 11.6 Å². The van der Waals surface area contributed by atoms with Crippen LogP contribution in [0.3, 0.4) is 0 Å². The van der Waals surface area contributed by atoms with E-state index in [9.17, 15) is 18.0 Å². The molecule has 20 heavy (non-hydrogen) atoms. The molecule has 7 heteroatoms. The van der Waals surface area contributed by atoms with Crippen molar-refractivity contribution >= 4 is 17.3 Å². The number of pyridine rings is 1. The van der Waals surface area contributed by atoms with Crippen LogP contribution in [-0.4, -0.2) is 4.57 Å². The fourth-order valence-corrected chi connectivity index (χ4v) is 1.92. The number of benzene rings is 1. The van der Waals surface area contributed by atoms with Gasteiger partial charge in [0.05, 0.1) is 12.1 Å². The third kappa shape index (κ3) is 3.14. The van der Waals surface area contributed by atoms with Gasteiger partial charge in [0.25, 0.3) is 5.56 Å². The summed E-state index contributed by atoms with van der Waals surface area (Å²) in [5.41, 5.74) is 5.07. The molecule has 0 fully saturated rings. The smallest absolute Gasteiger partial charge is 0.399 e. The van der Waals surface area contributed by atoms with Gasteiger partial charge in [0.1, 0.15) is 5.02 Å². The molecule has 2 rings (SSSR count). The number of rotatable bonds is 2. The van der Waals surface area contributed by atoms with E-state index in [1.807, 2.05) is 0 Å². The van der Waals surface area contributed by atoms with E-state index in [4.69, 9.17) is 17.3 Å². The van der Waals surface area contributed by atoms with Crippen molar-refractivity contribution in [2.75, 3.05) is 5.73 Å². The number of anilines is 1. The predicted molar refractivity (Wildman–Crippen MR) is 70.7 cm³/mol. The van der Waals surface area contributed by atoms with Crippen LogP contribution in [0.4, 0.5) is 18.9 Å². The average molecular weight is 303 g/mol. The number of hydrogen-bond acceptors (Lipinski definition) is 2. The van der Waals surface area contributed by atoms with Gasteiger partial charge in [-0.1, -0.05) is 23.7 Å². The normalized spacial score (nSPS) is 11.6. The third-order valence-electron chi connectivity index (χ3n) is 2.70. The Morgan fingerprint density at radius 3 is 2.35 bits per heavy atom. The van der Waals surface area contributed by atoms with Gasteiger partial charge in [-0.3, -0.25) is 4.79 Å². The summed E-state index contributed by atoms with van der Waals surface area (Å²) < 4.78 is 39.0. The van der Waals surface area contributed by atoms with E-state index < -0.39 is 22.3 Å². The van der Waals surface area contributed by atoms with Crippen LogP contribution in [0.1, 0.15) is 11.1 Å². The fraction of sp³-hybridized carbons (Fsp3) is 0.154. The van der Waals surface area contributed by atoms with Crippen LogP contribution in [0, 0.1) is 0 Å². The lowest BCUT2D eigenvalue weighted by Gasteiger charge is -2.12. The molecule has 106 valence electrons. The van der Waals surface area contributed by atoms with Crippen molar-refractivity contribution in [2.24, 2.45) is 0 Å². The minimum Gasteiger partial charge on any atom is -0.399 e. The molecule has 0 spiro atoms. The molecule has 0 radical (unpaired) electrons. The summed E-state index contributed by atoms with van der Waals surface area (Å²) in [5, 5.41) is -0.463. The van der Waals surface area contributed by atoms with Gasteiger partial charge >= 0.3 is 6.18 Å². The van der Waals surface area contributed by atoms with Crippen LogP contribution in [-0.2, 0) is 12.7 Å². The van der Waals surface area contributed by atoms with Crippen molar-refractivity contribution in [3.05, 3.63) is 63.0 Å². The van der Waals surface area contributed by atoms with Gasteiger partial charge in [-0.2, -0.15) is 13.2 Å². The molecular formula is C13H10ClF3N2O. The number of nitrogens with zero attached hydrogens (tertiary/aromatic N) is 1. The average Bonchev–Trinajstić information content (AvgIpc) is 2.36. The molecule has 0 unspecified atom stereocenters. The van der Waals surface area contributed by atoms with Crippen LogP contribution in [0.25, 0.3) is 0 Å². The molecular weight excluding hydrogens is 293 g/mol. The van der Waals surface area contributed by atoms with Crippen LogP contribution < -0.4 is 11.3 Å². The Morgan fingerprint density at radius 1 is 1.20 bits per heavy atom. The summed E-state index contributed by atoms with van der Waals surface area (Å²) in [7, 11) is 0. The summed E-state index contributed by atoms with van der Waals surface area (Å²) in [6.45, 7) is -0.0112. The zero-order chi connectivity index (χ0) is 14.9. The van der Waals surface area contributed by atoms with Gasteiger partial charge in [-0.05, 0) is 23.8 Å². The first-order valence-corrected chi connectivity index (χ1v) is 5.97. The Labute approximate surface area is 117 Å². The Kier molecular flexibility index (Phi) is 3.76. The second-order valence-electron chi connectivity index (χ2n) is 4.25. The summed E-state index contributed by atoms with van der Waals surface area (Å²) in [6.07, 6.45) is -3.80. The molecule has 2 N–H and O–H groups in total. The Hall–Kier alpha value is -1.95. The Morgan fingerprint density at radius 2 is 1.80 bits per heavy atom. The molecule has 1 aromatic carbocycles. The molecule has 0 saturated heterocycles. The highest BCUT2D eigenvalue weighted by Gasteiger charge is 2.32. The molecule has 2 aromatic rings. The van der Waals surface area contributed by atoms with Crippen molar-refractivity contribution in [3.63, 3.8) is 0 Å². The molecule has 0 aliphatic heterocycles. The van der Waals surface area contributed by atoms with Gasteiger partial charge < -0.3 is 10.3 Å². The number of hydrogen-bond donors (Lipinski definition) is 1. The largest absolute Gasteiger partial charge is 0.417 e. The topological polar surface area (TPSA) is 48.0 Å².